The molecular formula is C17H14F2N4. The lowest BCUT2D eigenvalue weighted by atomic mass is 10.0. The van der Waals surface area contributed by atoms with Gasteiger partial charge < -0.3 is 0 Å². The first kappa shape index (κ1) is 15.0. The van der Waals surface area contributed by atoms with Crippen molar-refractivity contribution in [3.8, 4) is 11.3 Å². The molecule has 0 aliphatic heterocycles. The number of rotatable bonds is 4. The van der Waals surface area contributed by atoms with Crippen molar-refractivity contribution in [1.29, 1.82) is 0 Å². The molecule has 0 amide bonds. The molecule has 1 heterocycles. The smallest absolute Gasteiger partial charge is 0.159 e. The molecule has 23 heavy (non-hydrogen) atoms. The van der Waals surface area contributed by atoms with Gasteiger partial charge >= 0.3 is 0 Å². The van der Waals surface area contributed by atoms with E-state index >= 15 is 0 Å². The average Bonchev–Trinajstić information content (AvgIpc) is 3.00. The SMILES string of the molecule is CN=Cc1n[nH]nc1-c1cccc(Cc2ccc(F)c(F)c2)c1. The highest BCUT2D eigenvalue weighted by molar-refractivity contribution is 5.86. The first-order chi connectivity index (χ1) is 11.2. The summed E-state index contributed by atoms with van der Waals surface area (Å²) < 4.78 is 26.3. The molecule has 3 rings (SSSR count). The average molecular weight is 312 g/mol. The molecule has 0 atom stereocenters. The van der Waals surface area contributed by atoms with Gasteiger partial charge in [-0.3, -0.25) is 4.99 Å². The van der Waals surface area contributed by atoms with Crippen LogP contribution in [0.15, 0.2) is 47.5 Å². The Morgan fingerprint density at radius 2 is 1.87 bits per heavy atom. The quantitative estimate of drug-likeness (QED) is 0.751. The number of hydrogen-bond donors (Lipinski definition) is 1. The van der Waals surface area contributed by atoms with Crippen LogP contribution in [-0.4, -0.2) is 28.7 Å². The van der Waals surface area contributed by atoms with E-state index in [4.69, 9.17) is 0 Å². The summed E-state index contributed by atoms with van der Waals surface area (Å²) in [6, 6.07) is 11.6. The third-order valence-electron chi connectivity index (χ3n) is 3.42. The Morgan fingerprint density at radius 3 is 2.65 bits per heavy atom. The standard InChI is InChI=1S/C17H14F2N4/c1-20-10-16-17(22-23-21-16)13-4-2-3-11(8-13)7-12-5-6-14(18)15(19)9-12/h2-6,8-10H,7H2,1H3,(H,21,22,23). The predicted molar refractivity (Wildman–Crippen MR) is 84.5 cm³/mol. The van der Waals surface area contributed by atoms with E-state index in [2.05, 4.69) is 20.4 Å². The lowest BCUT2D eigenvalue weighted by molar-refractivity contribution is 0.507. The summed E-state index contributed by atoms with van der Waals surface area (Å²) in [4.78, 5) is 3.95. The zero-order valence-electron chi connectivity index (χ0n) is 12.4. The molecule has 0 saturated heterocycles. The van der Waals surface area contributed by atoms with Gasteiger partial charge in [0.15, 0.2) is 11.6 Å². The summed E-state index contributed by atoms with van der Waals surface area (Å²) in [6.07, 6.45) is 2.13. The molecule has 1 aromatic heterocycles. The predicted octanol–water partition coefficient (Wildman–Crippen LogP) is 3.39. The monoisotopic (exact) mass is 312 g/mol. The lowest BCUT2D eigenvalue weighted by Gasteiger charge is -2.05. The number of aromatic nitrogens is 3. The first-order valence-electron chi connectivity index (χ1n) is 7.03. The maximum atomic E-state index is 13.3. The van der Waals surface area contributed by atoms with Gasteiger partial charge in [0.05, 0.1) is 6.21 Å². The molecule has 0 bridgehead atoms. The van der Waals surface area contributed by atoms with E-state index in [-0.39, 0.29) is 0 Å². The van der Waals surface area contributed by atoms with Crippen molar-refractivity contribution in [3.05, 3.63) is 70.9 Å². The Labute approximate surface area is 131 Å². The van der Waals surface area contributed by atoms with Crippen LogP contribution in [0.25, 0.3) is 11.3 Å². The van der Waals surface area contributed by atoms with Gasteiger partial charge in [0.25, 0.3) is 0 Å². The van der Waals surface area contributed by atoms with Crippen LogP contribution in [0, 0.1) is 11.6 Å². The molecule has 0 aliphatic rings. The van der Waals surface area contributed by atoms with Crippen molar-refractivity contribution in [2.45, 2.75) is 6.42 Å². The molecule has 0 spiro atoms. The molecule has 0 saturated carbocycles. The summed E-state index contributed by atoms with van der Waals surface area (Å²) in [6.45, 7) is 0. The molecule has 0 aliphatic carbocycles. The minimum absolute atomic E-state index is 0.500. The van der Waals surface area contributed by atoms with Crippen LogP contribution in [0.1, 0.15) is 16.8 Å². The Kier molecular flexibility index (Phi) is 4.23. The maximum absolute atomic E-state index is 13.3. The third kappa shape index (κ3) is 3.31. The van der Waals surface area contributed by atoms with E-state index in [0.29, 0.717) is 23.4 Å². The van der Waals surface area contributed by atoms with E-state index in [1.165, 1.54) is 6.07 Å². The fraction of sp³-hybridized carbons (Fsp3) is 0.118. The van der Waals surface area contributed by atoms with Crippen LogP contribution in [-0.2, 0) is 6.42 Å². The molecule has 1 N–H and O–H groups in total. The van der Waals surface area contributed by atoms with Crippen LogP contribution in [0.2, 0.25) is 0 Å². The number of benzene rings is 2. The number of nitrogens with one attached hydrogen (secondary N) is 1. The van der Waals surface area contributed by atoms with Crippen LogP contribution >= 0.6 is 0 Å². The van der Waals surface area contributed by atoms with Crippen molar-refractivity contribution in [2.24, 2.45) is 4.99 Å². The maximum Gasteiger partial charge on any atom is 0.159 e. The van der Waals surface area contributed by atoms with Crippen LogP contribution < -0.4 is 0 Å². The van der Waals surface area contributed by atoms with E-state index < -0.39 is 11.6 Å². The Morgan fingerprint density at radius 1 is 1.04 bits per heavy atom. The number of hydrogen-bond acceptors (Lipinski definition) is 3. The minimum atomic E-state index is -0.839. The Bertz CT molecular complexity index is 855. The highest BCUT2D eigenvalue weighted by Crippen LogP contribution is 2.22. The Balaban J connectivity index is 1.90. The number of H-pyrrole nitrogens is 1. The summed E-state index contributed by atoms with van der Waals surface area (Å²) in [5.41, 5.74) is 3.90. The van der Waals surface area contributed by atoms with Gasteiger partial charge in [-0.05, 0) is 35.7 Å². The fourth-order valence-electron chi connectivity index (χ4n) is 2.38. The second-order valence-electron chi connectivity index (χ2n) is 5.07. The lowest BCUT2D eigenvalue weighted by Crippen LogP contribution is -1.93. The van der Waals surface area contributed by atoms with E-state index in [1.807, 2.05) is 24.3 Å². The van der Waals surface area contributed by atoms with Crippen LogP contribution in [0.3, 0.4) is 0 Å². The molecular weight excluding hydrogens is 298 g/mol. The van der Waals surface area contributed by atoms with Gasteiger partial charge in [0.2, 0.25) is 0 Å². The molecule has 3 aromatic rings. The summed E-state index contributed by atoms with van der Waals surface area (Å²) in [5.74, 6) is -1.68. The fourth-order valence-corrected chi connectivity index (χ4v) is 2.38. The zero-order valence-corrected chi connectivity index (χ0v) is 12.4. The largest absolute Gasteiger partial charge is 0.294 e. The van der Waals surface area contributed by atoms with Gasteiger partial charge in [0.1, 0.15) is 11.4 Å². The summed E-state index contributed by atoms with van der Waals surface area (Å²) in [7, 11) is 1.66. The Hall–Kier alpha value is -2.89. The molecule has 0 fully saturated rings. The van der Waals surface area contributed by atoms with E-state index in [0.717, 1.165) is 17.2 Å². The van der Waals surface area contributed by atoms with Gasteiger partial charge in [-0.1, -0.05) is 24.3 Å². The van der Waals surface area contributed by atoms with Gasteiger partial charge in [-0.15, -0.1) is 0 Å². The third-order valence-corrected chi connectivity index (χ3v) is 3.42. The zero-order chi connectivity index (χ0) is 16.2. The number of aliphatic imine (C=N–C) groups is 1. The second-order valence-corrected chi connectivity index (χ2v) is 5.07. The molecule has 116 valence electrons. The van der Waals surface area contributed by atoms with Crippen molar-refractivity contribution in [3.63, 3.8) is 0 Å². The van der Waals surface area contributed by atoms with Gasteiger partial charge in [-0.25, -0.2) is 8.78 Å². The highest BCUT2D eigenvalue weighted by atomic mass is 19.2. The molecule has 0 radical (unpaired) electrons. The highest BCUT2D eigenvalue weighted by Gasteiger charge is 2.09. The van der Waals surface area contributed by atoms with Crippen molar-refractivity contribution in [2.75, 3.05) is 7.05 Å². The number of aromatic amines is 1. The first-order valence-corrected chi connectivity index (χ1v) is 7.03. The number of halogens is 2. The normalized spacial score (nSPS) is 11.3. The van der Waals surface area contributed by atoms with Crippen molar-refractivity contribution < 1.29 is 8.78 Å². The van der Waals surface area contributed by atoms with Gasteiger partial charge in [-0.2, -0.15) is 15.4 Å². The topological polar surface area (TPSA) is 53.9 Å². The van der Waals surface area contributed by atoms with Crippen LogP contribution in [0.4, 0.5) is 8.78 Å². The van der Waals surface area contributed by atoms with Gasteiger partial charge in [0, 0.05) is 12.6 Å². The van der Waals surface area contributed by atoms with Crippen LogP contribution in [0.5, 0.6) is 0 Å². The molecule has 6 heteroatoms. The molecule has 0 unspecified atom stereocenters. The van der Waals surface area contributed by atoms with Crippen molar-refractivity contribution >= 4 is 6.21 Å². The van der Waals surface area contributed by atoms with E-state index in [1.54, 1.807) is 19.3 Å². The second kappa shape index (κ2) is 6.48. The summed E-state index contributed by atoms with van der Waals surface area (Å²) >= 11 is 0. The molecule has 2 aromatic carbocycles. The van der Waals surface area contributed by atoms with E-state index in [9.17, 15) is 8.78 Å². The van der Waals surface area contributed by atoms with Crippen molar-refractivity contribution in [1.82, 2.24) is 15.4 Å². The summed E-state index contributed by atoms with van der Waals surface area (Å²) in [5, 5.41) is 10.8. The molecule has 4 nitrogen and oxygen atoms in total. The minimum Gasteiger partial charge on any atom is -0.294 e. The number of nitrogens with zero attached hydrogens (tertiary/aromatic N) is 3.